The third-order valence-corrected chi connectivity index (χ3v) is 7.08. The van der Waals surface area contributed by atoms with E-state index < -0.39 is 6.00 Å². The molecule has 1 aromatic rings. The Labute approximate surface area is 160 Å². The van der Waals surface area contributed by atoms with Crippen LogP contribution in [-0.2, 0) is 4.74 Å². The van der Waals surface area contributed by atoms with Gasteiger partial charge >= 0.3 is 6.00 Å². The van der Waals surface area contributed by atoms with Crippen molar-refractivity contribution in [3.05, 3.63) is 29.8 Å². The van der Waals surface area contributed by atoms with E-state index in [9.17, 15) is 0 Å². The van der Waals surface area contributed by atoms with E-state index >= 15 is 0 Å². The van der Waals surface area contributed by atoms with Gasteiger partial charge in [0.05, 0.1) is 12.7 Å². The van der Waals surface area contributed by atoms with Crippen LogP contribution in [0.2, 0.25) is 6.04 Å². The fourth-order valence-electron chi connectivity index (χ4n) is 3.14. The molecule has 1 saturated carbocycles. The summed E-state index contributed by atoms with van der Waals surface area (Å²) in [5, 5.41) is 0. The number of hydrogen-bond donors (Lipinski definition) is 0. The van der Waals surface area contributed by atoms with Gasteiger partial charge in [-0.3, -0.25) is 0 Å². The van der Waals surface area contributed by atoms with Gasteiger partial charge in [-0.05, 0) is 68.2 Å². The minimum absolute atomic E-state index is 0.366. The van der Waals surface area contributed by atoms with Crippen LogP contribution in [0.5, 0.6) is 5.75 Å². The van der Waals surface area contributed by atoms with E-state index in [1.807, 2.05) is 0 Å². The lowest BCUT2D eigenvalue weighted by atomic mass is 9.83. The minimum Gasteiger partial charge on any atom is -0.494 e. The lowest BCUT2D eigenvalue weighted by molar-refractivity contribution is 0.0251. The first-order chi connectivity index (χ1) is 11.5. The molecule has 6 heteroatoms. The van der Waals surface area contributed by atoms with Gasteiger partial charge in [-0.25, -0.2) is 0 Å². The zero-order valence-electron chi connectivity index (χ0n) is 14.3. The lowest BCUT2D eigenvalue weighted by Gasteiger charge is -2.29. The lowest BCUT2D eigenvalue weighted by Crippen LogP contribution is -2.22. The average molecular weight is 410 g/mol. The molecule has 0 saturated heterocycles. The highest BCUT2D eigenvalue weighted by molar-refractivity contribution is 7.64. The quantitative estimate of drug-likeness (QED) is 0.261. The summed E-state index contributed by atoms with van der Waals surface area (Å²) in [5.41, 5.74) is 1.42. The molecule has 0 atom stereocenters. The maximum atomic E-state index is 5.95. The monoisotopic (exact) mass is 408 g/mol. The number of benzene rings is 1. The molecular weight excluding hydrogens is 383 g/mol. The second-order valence-electron chi connectivity index (χ2n) is 6.48. The minimum atomic E-state index is -2.49. The van der Waals surface area contributed by atoms with Crippen molar-refractivity contribution in [3.63, 3.8) is 0 Å². The predicted molar refractivity (Wildman–Crippen MR) is 106 cm³/mol. The molecule has 1 aliphatic carbocycles. The second kappa shape index (κ2) is 10.3. The summed E-state index contributed by atoms with van der Waals surface area (Å²) in [7, 11) is 0. The Bertz CT molecular complexity index is 468. The molecule has 1 aromatic carbocycles. The molecule has 1 aliphatic rings. The highest BCUT2D eigenvalue weighted by Gasteiger charge is 2.25. The van der Waals surface area contributed by atoms with Gasteiger partial charge < -0.3 is 9.47 Å². The van der Waals surface area contributed by atoms with Crippen molar-refractivity contribution in [2.24, 2.45) is 0 Å². The fourth-order valence-corrected chi connectivity index (χ4v) is 4.89. The summed E-state index contributed by atoms with van der Waals surface area (Å²) in [6, 6.07) is 6.80. The van der Waals surface area contributed by atoms with E-state index in [-0.39, 0.29) is 0 Å². The van der Waals surface area contributed by atoms with Gasteiger partial charge in [0.15, 0.2) is 0 Å². The molecule has 0 amide bonds. The normalized spacial score (nSPS) is 21.7. The molecule has 2 nitrogen and oxygen atoms in total. The highest BCUT2D eigenvalue weighted by Crippen LogP contribution is 2.35. The Hall–Kier alpha value is 0.0669. The van der Waals surface area contributed by atoms with Gasteiger partial charge in [-0.15, -0.1) is 33.2 Å². The van der Waals surface area contributed by atoms with Crippen molar-refractivity contribution >= 4 is 39.2 Å². The van der Waals surface area contributed by atoms with Gasteiger partial charge in [0.25, 0.3) is 0 Å². The van der Waals surface area contributed by atoms with Crippen LogP contribution in [0.15, 0.2) is 24.3 Å². The van der Waals surface area contributed by atoms with E-state index in [0.29, 0.717) is 24.7 Å². The molecule has 0 N–H and O–H groups in total. The number of hydrogen-bond acceptors (Lipinski definition) is 2. The van der Waals surface area contributed by atoms with E-state index in [1.165, 1.54) is 18.4 Å². The van der Waals surface area contributed by atoms with E-state index in [2.05, 4.69) is 31.2 Å². The van der Waals surface area contributed by atoms with Gasteiger partial charge in [-0.1, -0.05) is 19.1 Å². The van der Waals surface area contributed by atoms with Crippen molar-refractivity contribution in [2.75, 3.05) is 13.2 Å². The number of halogens is 3. The molecule has 0 unspecified atom stereocenters. The summed E-state index contributed by atoms with van der Waals surface area (Å²) < 4.78 is 11.6. The third-order valence-electron chi connectivity index (χ3n) is 4.46. The summed E-state index contributed by atoms with van der Waals surface area (Å²) in [4.78, 5) is 0. The van der Waals surface area contributed by atoms with Gasteiger partial charge in [0.1, 0.15) is 5.75 Å². The second-order valence-corrected chi connectivity index (χ2v) is 15.8. The van der Waals surface area contributed by atoms with Crippen LogP contribution in [0, 0.1) is 0 Å². The largest absolute Gasteiger partial charge is 0.494 e. The molecule has 0 bridgehead atoms. The molecule has 0 aliphatic heterocycles. The van der Waals surface area contributed by atoms with Crippen LogP contribution in [0.4, 0.5) is 0 Å². The fraction of sp³-hybridized carbons (Fsp3) is 0.667. The Balaban J connectivity index is 1.68. The summed E-state index contributed by atoms with van der Waals surface area (Å²) in [6.45, 7) is 3.61. The molecule has 136 valence electrons. The Kier molecular flexibility index (Phi) is 8.72. The first-order valence-electron chi connectivity index (χ1n) is 8.89. The van der Waals surface area contributed by atoms with Crippen LogP contribution < -0.4 is 4.74 Å². The van der Waals surface area contributed by atoms with Crippen LogP contribution in [0.25, 0.3) is 0 Å². The number of ether oxygens (including phenoxy) is 2. The standard InChI is InChI=1S/C18H27Cl3O2Si/c1-2-12-22-17-8-4-15(5-9-17)16-6-10-18(11-7-16)23-13-3-14-24(19,20)21/h4-5,8-9,16,18H,2-3,6-7,10-14H2,1H3. The van der Waals surface area contributed by atoms with E-state index in [4.69, 9.17) is 42.7 Å². The number of rotatable bonds is 9. The summed E-state index contributed by atoms with van der Waals surface area (Å²) >= 11 is 17.7. The van der Waals surface area contributed by atoms with Crippen molar-refractivity contribution in [1.29, 1.82) is 0 Å². The maximum absolute atomic E-state index is 5.95. The third kappa shape index (κ3) is 7.53. The molecule has 0 heterocycles. The molecule has 2 rings (SSSR count). The summed E-state index contributed by atoms with van der Waals surface area (Å²) in [6.07, 6.45) is 6.84. The van der Waals surface area contributed by atoms with Crippen molar-refractivity contribution in [1.82, 2.24) is 0 Å². The predicted octanol–water partition coefficient (Wildman–Crippen LogP) is 6.56. The van der Waals surface area contributed by atoms with Gasteiger partial charge in [-0.2, -0.15) is 0 Å². The van der Waals surface area contributed by atoms with Crippen molar-refractivity contribution in [2.45, 2.75) is 63.5 Å². The first-order valence-corrected chi connectivity index (χ1v) is 14.1. The smallest absolute Gasteiger partial charge is 0.341 e. The molecule has 0 spiro atoms. The molecule has 0 aromatic heterocycles. The van der Waals surface area contributed by atoms with Crippen molar-refractivity contribution in [3.8, 4) is 5.75 Å². The average Bonchev–Trinajstić information content (AvgIpc) is 2.57. The zero-order valence-corrected chi connectivity index (χ0v) is 17.5. The Morgan fingerprint density at radius 3 is 2.25 bits per heavy atom. The molecular formula is C18H27Cl3O2Si. The molecule has 0 radical (unpaired) electrons. The van der Waals surface area contributed by atoms with Gasteiger partial charge in [0.2, 0.25) is 0 Å². The SMILES string of the molecule is CCCOc1ccc(C2CCC(OCCC[Si](Cl)(Cl)Cl)CC2)cc1. The Morgan fingerprint density at radius 2 is 1.67 bits per heavy atom. The summed E-state index contributed by atoms with van der Waals surface area (Å²) in [5.74, 6) is 1.61. The Morgan fingerprint density at radius 1 is 1.00 bits per heavy atom. The van der Waals surface area contributed by atoms with Crippen LogP contribution in [0.3, 0.4) is 0 Å². The first kappa shape index (κ1) is 20.4. The van der Waals surface area contributed by atoms with Crippen LogP contribution in [0.1, 0.15) is 56.9 Å². The van der Waals surface area contributed by atoms with E-state index in [1.54, 1.807) is 0 Å². The van der Waals surface area contributed by atoms with Crippen LogP contribution in [-0.4, -0.2) is 25.3 Å². The zero-order chi connectivity index (χ0) is 17.4. The van der Waals surface area contributed by atoms with Crippen LogP contribution >= 0.6 is 33.2 Å². The van der Waals surface area contributed by atoms with Gasteiger partial charge in [0, 0.05) is 6.61 Å². The van der Waals surface area contributed by atoms with E-state index in [0.717, 1.165) is 38.0 Å². The highest BCUT2D eigenvalue weighted by atomic mass is 35.8. The van der Waals surface area contributed by atoms with Crippen molar-refractivity contribution < 1.29 is 9.47 Å². The molecule has 24 heavy (non-hydrogen) atoms. The maximum Gasteiger partial charge on any atom is 0.341 e. The topological polar surface area (TPSA) is 18.5 Å². The molecule has 1 fully saturated rings.